The lowest BCUT2D eigenvalue weighted by molar-refractivity contribution is 0.112. The molecule has 0 aliphatic carbocycles. The number of aromatic nitrogens is 4. The van der Waals surface area contributed by atoms with Gasteiger partial charge in [-0.05, 0) is 19.9 Å². The predicted molar refractivity (Wildman–Crippen MR) is 86.8 cm³/mol. The van der Waals surface area contributed by atoms with Gasteiger partial charge < -0.3 is 5.73 Å². The summed E-state index contributed by atoms with van der Waals surface area (Å²) in [6.07, 6.45) is 5.37. The molecule has 3 aromatic heterocycles. The fourth-order valence-electron chi connectivity index (χ4n) is 2.06. The first-order chi connectivity index (χ1) is 11.1. The number of nitrogens with two attached hydrogens (primary N) is 1. The van der Waals surface area contributed by atoms with E-state index in [1.54, 1.807) is 18.5 Å². The standard InChI is InChI=1S/C17H13N5O/c1-10-11(2)22-16-14(17(18)20-8-15(16)21-10)4-3-12-5-13(9-23)7-19-6-12/h5-9H,1-2H3,(H2,18,20). The molecule has 0 saturated heterocycles. The van der Waals surface area contributed by atoms with Crippen molar-refractivity contribution < 1.29 is 4.79 Å². The molecule has 0 aromatic carbocycles. The lowest BCUT2D eigenvalue weighted by atomic mass is 10.1. The number of anilines is 1. The lowest BCUT2D eigenvalue weighted by Gasteiger charge is -2.05. The van der Waals surface area contributed by atoms with Crippen molar-refractivity contribution in [3.8, 4) is 11.8 Å². The Kier molecular flexibility index (Phi) is 3.69. The van der Waals surface area contributed by atoms with Gasteiger partial charge in [0.1, 0.15) is 16.9 Å². The number of carbonyl (C=O) groups is 1. The number of fused-ring (bicyclic) bond motifs is 1. The number of hydrogen-bond donors (Lipinski definition) is 1. The first-order valence-corrected chi connectivity index (χ1v) is 6.90. The maximum absolute atomic E-state index is 10.8. The summed E-state index contributed by atoms with van der Waals surface area (Å²) in [5.41, 5.74) is 10.5. The molecule has 6 heteroatoms. The number of aryl methyl sites for hydroxylation is 2. The molecule has 0 amide bonds. The van der Waals surface area contributed by atoms with Crippen LogP contribution in [0.3, 0.4) is 0 Å². The molecule has 0 fully saturated rings. The maximum atomic E-state index is 10.8. The van der Waals surface area contributed by atoms with Gasteiger partial charge >= 0.3 is 0 Å². The fraction of sp³-hybridized carbons (Fsp3) is 0.118. The smallest absolute Gasteiger partial charge is 0.151 e. The van der Waals surface area contributed by atoms with E-state index in [9.17, 15) is 4.79 Å². The quantitative estimate of drug-likeness (QED) is 0.544. The van der Waals surface area contributed by atoms with Crippen LogP contribution in [0.25, 0.3) is 11.0 Å². The predicted octanol–water partition coefficient (Wildman–Crippen LogP) is 1.83. The molecular formula is C17H13N5O. The van der Waals surface area contributed by atoms with Gasteiger partial charge in [0.15, 0.2) is 6.29 Å². The minimum absolute atomic E-state index is 0.294. The minimum Gasteiger partial charge on any atom is -0.383 e. The van der Waals surface area contributed by atoms with Gasteiger partial charge in [-0.25, -0.2) is 15.0 Å². The average molecular weight is 303 g/mol. The summed E-state index contributed by atoms with van der Waals surface area (Å²) in [6, 6.07) is 1.66. The van der Waals surface area contributed by atoms with E-state index in [4.69, 9.17) is 5.73 Å². The second-order valence-corrected chi connectivity index (χ2v) is 5.02. The van der Waals surface area contributed by atoms with Crippen LogP contribution in [0.4, 0.5) is 5.82 Å². The third kappa shape index (κ3) is 2.85. The Hall–Kier alpha value is -3.33. The number of hydrogen-bond acceptors (Lipinski definition) is 6. The summed E-state index contributed by atoms with van der Waals surface area (Å²) in [6.45, 7) is 3.77. The van der Waals surface area contributed by atoms with Crippen molar-refractivity contribution in [2.24, 2.45) is 0 Å². The van der Waals surface area contributed by atoms with Gasteiger partial charge in [0.25, 0.3) is 0 Å². The Morgan fingerprint density at radius 3 is 2.65 bits per heavy atom. The molecule has 0 saturated carbocycles. The third-order valence-electron chi connectivity index (χ3n) is 3.38. The topological polar surface area (TPSA) is 94.6 Å². The van der Waals surface area contributed by atoms with Crippen LogP contribution >= 0.6 is 0 Å². The van der Waals surface area contributed by atoms with Crippen molar-refractivity contribution in [1.82, 2.24) is 19.9 Å². The molecule has 0 radical (unpaired) electrons. The number of carbonyl (C=O) groups excluding carboxylic acids is 1. The molecule has 0 unspecified atom stereocenters. The Labute approximate surface area is 132 Å². The number of aldehydes is 1. The van der Waals surface area contributed by atoms with Gasteiger partial charge in [-0.2, -0.15) is 0 Å². The zero-order valence-electron chi connectivity index (χ0n) is 12.7. The molecule has 0 bridgehead atoms. The van der Waals surface area contributed by atoms with Crippen molar-refractivity contribution in [2.75, 3.05) is 5.73 Å². The average Bonchev–Trinajstić information content (AvgIpc) is 2.56. The maximum Gasteiger partial charge on any atom is 0.151 e. The SMILES string of the molecule is Cc1nc2cnc(N)c(C#Cc3cncc(C=O)c3)c2nc1C. The summed E-state index contributed by atoms with van der Waals surface area (Å²) in [4.78, 5) is 27.9. The van der Waals surface area contributed by atoms with Crippen LogP contribution in [0.2, 0.25) is 0 Å². The highest BCUT2D eigenvalue weighted by Crippen LogP contribution is 2.19. The van der Waals surface area contributed by atoms with E-state index in [-0.39, 0.29) is 0 Å². The van der Waals surface area contributed by atoms with Crippen LogP contribution in [0.5, 0.6) is 0 Å². The number of nitrogens with zero attached hydrogens (tertiary/aromatic N) is 4. The second kappa shape index (κ2) is 5.81. The minimum atomic E-state index is 0.294. The van der Waals surface area contributed by atoms with Crippen molar-refractivity contribution in [3.63, 3.8) is 0 Å². The molecule has 0 aliphatic rings. The van der Waals surface area contributed by atoms with Crippen LogP contribution < -0.4 is 5.73 Å². The molecule has 0 aliphatic heterocycles. The van der Waals surface area contributed by atoms with Gasteiger partial charge in [0.05, 0.1) is 23.1 Å². The van der Waals surface area contributed by atoms with E-state index in [2.05, 4.69) is 31.8 Å². The number of pyridine rings is 2. The van der Waals surface area contributed by atoms with Gasteiger partial charge in [0.2, 0.25) is 0 Å². The molecule has 0 atom stereocenters. The first-order valence-electron chi connectivity index (χ1n) is 6.90. The summed E-state index contributed by atoms with van der Waals surface area (Å²) >= 11 is 0. The number of rotatable bonds is 1. The normalized spacial score (nSPS) is 10.2. The van der Waals surface area contributed by atoms with Crippen LogP contribution in [0.15, 0.2) is 24.7 Å². The Morgan fingerprint density at radius 1 is 1.09 bits per heavy atom. The van der Waals surface area contributed by atoms with Gasteiger partial charge in [-0.1, -0.05) is 11.8 Å². The van der Waals surface area contributed by atoms with Crippen molar-refractivity contribution in [2.45, 2.75) is 13.8 Å². The highest BCUT2D eigenvalue weighted by molar-refractivity contribution is 5.85. The Balaban J connectivity index is 2.16. The molecule has 3 heterocycles. The lowest BCUT2D eigenvalue weighted by Crippen LogP contribution is -2.01. The summed E-state index contributed by atoms with van der Waals surface area (Å²) in [7, 11) is 0. The van der Waals surface area contributed by atoms with Gasteiger partial charge in [-0.15, -0.1) is 0 Å². The van der Waals surface area contributed by atoms with Crippen LogP contribution in [0, 0.1) is 25.7 Å². The molecule has 23 heavy (non-hydrogen) atoms. The first kappa shape index (κ1) is 14.6. The monoisotopic (exact) mass is 303 g/mol. The van der Waals surface area contributed by atoms with E-state index in [0.717, 1.165) is 17.7 Å². The van der Waals surface area contributed by atoms with E-state index in [0.29, 0.717) is 33.5 Å². The Morgan fingerprint density at radius 2 is 1.87 bits per heavy atom. The van der Waals surface area contributed by atoms with E-state index < -0.39 is 0 Å². The summed E-state index contributed by atoms with van der Waals surface area (Å²) in [5, 5.41) is 0. The fourth-order valence-corrected chi connectivity index (χ4v) is 2.06. The van der Waals surface area contributed by atoms with E-state index in [1.807, 2.05) is 13.8 Å². The second-order valence-electron chi connectivity index (χ2n) is 5.02. The summed E-state index contributed by atoms with van der Waals surface area (Å²) in [5.74, 6) is 6.21. The zero-order valence-corrected chi connectivity index (χ0v) is 12.7. The molecule has 112 valence electrons. The third-order valence-corrected chi connectivity index (χ3v) is 3.38. The van der Waals surface area contributed by atoms with Crippen molar-refractivity contribution in [3.05, 3.63) is 52.7 Å². The van der Waals surface area contributed by atoms with Crippen LogP contribution in [0.1, 0.15) is 32.9 Å². The van der Waals surface area contributed by atoms with Gasteiger partial charge in [0, 0.05) is 23.5 Å². The van der Waals surface area contributed by atoms with E-state index in [1.165, 1.54) is 6.20 Å². The Bertz CT molecular complexity index is 985. The van der Waals surface area contributed by atoms with Gasteiger partial charge in [-0.3, -0.25) is 9.78 Å². The van der Waals surface area contributed by atoms with Crippen molar-refractivity contribution >= 4 is 23.1 Å². The zero-order chi connectivity index (χ0) is 16.4. The molecule has 6 nitrogen and oxygen atoms in total. The highest BCUT2D eigenvalue weighted by Gasteiger charge is 2.09. The number of nitrogen functional groups attached to an aromatic ring is 1. The molecular weight excluding hydrogens is 290 g/mol. The highest BCUT2D eigenvalue weighted by atomic mass is 16.1. The van der Waals surface area contributed by atoms with E-state index >= 15 is 0 Å². The molecule has 2 N–H and O–H groups in total. The molecule has 3 aromatic rings. The summed E-state index contributed by atoms with van der Waals surface area (Å²) < 4.78 is 0. The van der Waals surface area contributed by atoms with Crippen LogP contribution in [-0.4, -0.2) is 26.2 Å². The largest absolute Gasteiger partial charge is 0.383 e. The molecule has 0 spiro atoms. The van der Waals surface area contributed by atoms with Crippen LogP contribution in [-0.2, 0) is 0 Å². The molecule has 3 rings (SSSR count). The van der Waals surface area contributed by atoms with Crippen molar-refractivity contribution in [1.29, 1.82) is 0 Å².